The summed E-state index contributed by atoms with van der Waals surface area (Å²) in [5.74, 6) is 1.58. The third kappa shape index (κ3) is 5.30. The molecule has 4 rings (SSSR count). The lowest BCUT2D eigenvalue weighted by Crippen LogP contribution is -2.54. The average molecular weight is 494 g/mol. The van der Waals surface area contributed by atoms with Crippen LogP contribution in [-0.2, 0) is 21.5 Å². The Balaban J connectivity index is 1.34. The van der Waals surface area contributed by atoms with E-state index in [4.69, 9.17) is 17.0 Å². The van der Waals surface area contributed by atoms with E-state index in [0.29, 0.717) is 49.7 Å². The summed E-state index contributed by atoms with van der Waals surface area (Å²) in [5.41, 5.74) is 1.27. The predicted octanol–water partition coefficient (Wildman–Crippen LogP) is 3.65. The molecule has 0 bridgehead atoms. The molecule has 184 valence electrons. The molecule has 1 aliphatic heterocycles. The van der Waals surface area contributed by atoms with Crippen molar-refractivity contribution >= 4 is 24.0 Å². The molecule has 0 saturated carbocycles. The number of methoxy groups -OCH3 is 1. The number of benzene rings is 2. The fourth-order valence-corrected chi connectivity index (χ4v) is 4.61. The van der Waals surface area contributed by atoms with E-state index in [2.05, 4.69) is 10.2 Å². The number of amides is 2. The van der Waals surface area contributed by atoms with Crippen molar-refractivity contribution in [2.45, 2.75) is 32.2 Å². The molecule has 3 aromatic rings. The summed E-state index contributed by atoms with van der Waals surface area (Å²) in [6.45, 7) is 6.45. The van der Waals surface area contributed by atoms with E-state index in [0.717, 1.165) is 16.9 Å². The number of hydrogen-bond acceptors (Lipinski definition) is 5. The maximum Gasteiger partial charge on any atom is 0.232 e. The highest BCUT2D eigenvalue weighted by Crippen LogP contribution is 2.26. The Morgan fingerprint density at radius 3 is 2.26 bits per heavy atom. The predicted molar refractivity (Wildman–Crippen MR) is 137 cm³/mol. The van der Waals surface area contributed by atoms with E-state index in [1.54, 1.807) is 7.11 Å². The number of hydrogen-bond donors (Lipinski definition) is 1. The number of carbonyl (C=O) groups excluding carboxylic acids is 2. The van der Waals surface area contributed by atoms with E-state index in [-0.39, 0.29) is 11.8 Å². The number of nitrogens with one attached hydrogen (secondary N) is 1. The average Bonchev–Trinajstić information content (AvgIpc) is 3.27. The van der Waals surface area contributed by atoms with Gasteiger partial charge in [0.15, 0.2) is 10.6 Å². The first-order valence-corrected chi connectivity index (χ1v) is 12.1. The molecule has 0 aliphatic carbocycles. The molecule has 1 N–H and O–H groups in total. The quantitative estimate of drug-likeness (QED) is 0.508. The second-order valence-electron chi connectivity index (χ2n) is 9.15. The van der Waals surface area contributed by atoms with Crippen LogP contribution in [0.3, 0.4) is 0 Å². The molecule has 2 aromatic carbocycles. The van der Waals surface area contributed by atoms with Gasteiger partial charge in [0.05, 0.1) is 12.5 Å². The number of carbonyl (C=O) groups is 2. The summed E-state index contributed by atoms with van der Waals surface area (Å²) in [6.07, 6.45) is 0.306. The van der Waals surface area contributed by atoms with E-state index in [1.165, 1.54) is 0 Å². The highest BCUT2D eigenvalue weighted by Gasteiger charge is 2.35. The largest absolute Gasteiger partial charge is 0.497 e. The molecule has 35 heavy (non-hydrogen) atoms. The highest BCUT2D eigenvalue weighted by atomic mass is 32.1. The van der Waals surface area contributed by atoms with Gasteiger partial charge >= 0.3 is 0 Å². The van der Waals surface area contributed by atoms with Gasteiger partial charge in [-0.3, -0.25) is 19.3 Å². The number of H-pyrrole nitrogens is 1. The Hall–Kier alpha value is -3.46. The molecule has 2 heterocycles. The van der Waals surface area contributed by atoms with Crippen LogP contribution in [-0.4, -0.2) is 69.7 Å². The van der Waals surface area contributed by atoms with Gasteiger partial charge in [0, 0.05) is 44.7 Å². The smallest absolute Gasteiger partial charge is 0.232 e. The molecule has 0 unspecified atom stereocenters. The molecule has 0 radical (unpaired) electrons. The molecule has 1 saturated heterocycles. The maximum absolute atomic E-state index is 13.2. The summed E-state index contributed by atoms with van der Waals surface area (Å²) in [7, 11) is 1.62. The van der Waals surface area contributed by atoms with Crippen LogP contribution in [0.15, 0.2) is 54.6 Å². The van der Waals surface area contributed by atoms with Crippen LogP contribution in [0, 0.1) is 4.77 Å². The van der Waals surface area contributed by atoms with Gasteiger partial charge in [0.1, 0.15) is 5.75 Å². The normalized spacial score (nSPS) is 14.1. The second kappa shape index (κ2) is 10.4. The number of aromatic amines is 1. The van der Waals surface area contributed by atoms with E-state index >= 15 is 0 Å². The minimum atomic E-state index is -0.608. The van der Waals surface area contributed by atoms with Crippen molar-refractivity contribution in [2.75, 3.05) is 33.3 Å². The Morgan fingerprint density at radius 1 is 1.00 bits per heavy atom. The minimum absolute atomic E-state index is 0.0446. The van der Waals surface area contributed by atoms with E-state index in [1.807, 2.05) is 82.8 Å². The lowest BCUT2D eigenvalue weighted by molar-refractivity contribution is -0.142. The number of piperazine rings is 1. The summed E-state index contributed by atoms with van der Waals surface area (Å²) < 4.78 is 7.54. The Bertz CT molecular complexity index is 1230. The SMILES string of the molecule is COc1ccc(-c2n[nH]c(=S)n2CCC(=O)N2CCN(C(=O)C(C)(C)c3ccccc3)CC2)cc1. The zero-order chi connectivity index (χ0) is 25.0. The van der Waals surface area contributed by atoms with Crippen LogP contribution in [0.5, 0.6) is 5.75 Å². The highest BCUT2D eigenvalue weighted by molar-refractivity contribution is 7.71. The van der Waals surface area contributed by atoms with Gasteiger partial charge in [-0.25, -0.2) is 0 Å². The molecule has 0 spiro atoms. The molecular weight excluding hydrogens is 462 g/mol. The van der Waals surface area contributed by atoms with Crippen molar-refractivity contribution in [3.05, 3.63) is 64.9 Å². The van der Waals surface area contributed by atoms with Crippen molar-refractivity contribution in [1.29, 1.82) is 0 Å². The van der Waals surface area contributed by atoms with Gasteiger partial charge in [0.25, 0.3) is 0 Å². The Kier molecular flexibility index (Phi) is 7.35. The van der Waals surface area contributed by atoms with Crippen LogP contribution in [0.1, 0.15) is 25.8 Å². The van der Waals surface area contributed by atoms with Crippen LogP contribution >= 0.6 is 12.2 Å². The second-order valence-corrected chi connectivity index (χ2v) is 9.53. The zero-order valence-electron chi connectivity index (χ0n) is 20.4. The van der Waals surface area contributed by atoms with Gasteiger partial charge in [0.2, 0.25) is 11.8 Å². The number of rotatable bonds is 7. The molecule has 8 nitrogen and oxygen atoms in total. The maximum atomic E-state index is 13.2. The van der Waals surface area contributed by atoms with E-state index < -0.39 is 5.41 Å². The van der Waals surface area contributed by atoms with Crippen molar-refractivity contribution in [1.82, 2.24) is 24.6 Å². The molecule has 0 atom stereocenters. The van der Waals surface area contributed by atoms with Crippen molar-refractivity contribution in [3.63, 3.8) is 0 Å². The molecule has 2 amide bonds. The monoisotopic (exact) mass is 493 g/mol. The summed E-state index contributed by atoms with van der Waals surface area (Å²) in [6, 6.07) is 17.4. The van der Waals surface area contributed by atoms with Gasteiger partial charge < -0.3 is 14.5 Å². The first-order chi connectivity index (χ1) is 16.8. The van der Waals surface area contributed by atoms with Crippen LogP contribution in [0.2, 0.25) is 0 Å². The van der Waals surface area contributed by atoms with Crippen molar-refractivity contribution in [3.8, 4) is 17.1 Å². The third-order valence-electron chi connectivity index (χ3n) is 6.61. The molecular formula is C26H31N5O3S. The first-order valence-electron chi connectivity index (χ1n) is 11.7. The van der Waals surface area contributed by atoms with Gasteiger partial charge in [-0.2, -0.15) is 5.10 Å². The van der Waals surface area contributed by atoms with Crippen molar-refractivity contribution in [2.24, 2.45) is 0 Å². The van der Waals surface area contributed by atoms with Crippen LogP contribution in [0.4, 0.5) is 0 Å². The molecule has 1 fully saturated rings. The summed E-state index contributed by atoms with van der Waals surface area (Å²) >= 11 is 5.40. The van der Waals surface area contributed by atoms with Crippen LogP contribution < -0.4 is 4.74 Å². The topological polar surface area (TPSA) is 83.5 Å². The number of nitrogens with zero attached hydrogens (tertiary/aromatic N) is 4. The Morgan fingerprint density at radius 2 is 1.63 bits per heavy atom. The summed E-state index contributed by atoms with van der Waals surface area (Å²) in [4.78, 5) is 29.9. The van der Waals surface area contributed by atoms with Gasteiger partial charge in [-0.15, -0.1) is 0 Å². The fraction of sp³-hybridized carbons (Fsp3) is 0.385. The molecule has 9 heteroatoms. The first kappa shape index (κ1) is 24.7. The standard InChI is InChI=1S/C26H31N5O3S/c1-26(2,20-7-5-4-6-8-20)24(33)30-17-15-29(16-18-30)22(32)13-14-31-23(27-28-25(31)35)19-9-11-21(34-3)12-10-19/h4-12H,13-18H2,1-3H3,(H,28,35). The summed E-state index contributed by atoms with van der Waals surface area (Å²) in [5, 5.41) is 7.17. The van der Waals surface area contributed by atoms with Gasteiger partial charge in [-0.05, 0) is 55.9 Å². The number of ether oxygens (including phenoxy) is 1. The third-order valence-corrected chi connectivity index (χ3v) is 6.92. The lowest BCUT2D eigenvalue weighted by atomic mass is 9.83. The van der Waals surface area contributed by atoms with E-state index in [9.17, 15) is 9.59 Å². The Labute approximate surface area is 210 Å². The van der Waals surface area contributed by atoms with Gasteiger partial charge in [-0.1, -0.05) is 30.3 Å². The van der Waals surface area contributed by atoms with Crippen molar-refractivity contribution < 1.29 is 14.3 Å². The van der Waals surface area contributed by atoms with Crippen LogP contribution in [0.25, 0.3) is 11.4 Å². The zero-order valence-corrected chi connectivity index (χ0v) is 21.2. The lowest BCUT2D eigenvalue weighted by Gasteiger charge is -2.39. The fourth-order valence-electron chi connectivity index (χ4n) is 4.38. The molecule has 1 aromatic heterocycles. The minimum Gasteiger partial charge on any atom is -0.497 e. The number of aromatic nitrogens is 3. The molecule has 1 aliphatic rings.